The molecular formula is C44H78B3N2O15+2. The van der Waals surface area contributed by atoms with Gasteiger partial charge in [-0.15, -0.1) is 0 Å². The van der Waals surface area contributed by atoms with E-state index in [1.54, 1.807) is 0 Å². The second kappa shape index (κ2) is 25.2. The Morgan fingerprint density at radius 1 is 0.766 bits per heavy atom. The maximum absolute atomic E-state index is 11.0. The van der Waals surface area contributed by atoms with Crippen LogP contribution in [0.15, 0.2) is 24.3 Å². The van der Waals surface area contributed by atoms with E-state index < -0.39 is 0 Å². The zero-order valence-corrected chi connectivity index (χ0v) is 40.8. The Bertz CT molecular complexity index is 1480. The van der Waals surface area contributed by atoms with E-state index in [0.29, 0.717) is 57.1 Å². The van der Waals surface area contributed by atoms with E-state index in [4.69, 9.17) is 61.2 Å². The first-order chi connectivity index (χ1) is 30.2. The molecular weight excluding hydrogens is 829 g/mol. The van der Waals surface area contributed by atoms with Gasteiger partial charge in [0.15, 0.2) is 23.8 Å². The molecule has 1 aromatic carbocycles. The average molecular weight is 908 g/mol. The minimum absolute atomic E-state index is 0.0255. The number of ketones is 1. The Kier molecular flexibility index (Phi) is 21.3. The quantitative estimate of drug-likeness (QED) is 0.365. The molecule has 0 saturated carbocycles. The number of carbonyl (C=O) groups excluding carboxylic acids is 2. The lowest BCUT2D eigenvalue weighted by atomic mass is 9.78. The third-order valence-electron chi connectivity index (χ3n) is 12.4. The minimum Gasteiger partial charge on any atom is -0.476 e. The maximum atomic E-state index is 11.0. The first-order valence-electron chi connectivity index (χ1n) is 22.9. The number of hydrogen-bond acceptors (Lipinski definition) is 15. The molecule has 0 aromatic heterocycles. The summed E-state index contributed by atoms with van der Waals surface area (Å²) in [5, 5.41) is 0. The normalized spacial score (nSPS) is 27.8. The Morgan fingerprint density at radius 3 is 1.77 bits per heavy atom. The SMILES string of the molecule is CC1(C)COCOC1.CC1(C)OCOC1(C)C.CC1CC(C)(C)OCO1.CCCC[N+]12CCOB1OCC2.C[N+]12CC(=O)CB1OC(=O)C2.[B]1OCCCO1.c1ccc2c(c1)OCO2. The highest BCUT2D eigenvalue weighted by Crippen LogP contribution is 2.34. The monoisotopic (exact) mass is 908 g/mol. The summed E-state index contributed by atoms with van der Waals surface area (Å²) in [6, 6.07) is 7.63. The minimum atomic E-state index is -0.185. The number of rotatable bonds is 3. The van der Waals surface area contributed by atoms with E-state index in [1.165, 1.54) is 27.1 Å². The number of Topliss-reactive ketones (excluding diaryl/α,β-unsaturated/α-hetero) is 1. The molecule has 1 aromatic rings. The van der Waals surface area contributed by atoms with Gasteiger partial charge >= 0.3 is 28.0 Å². The molecule has 9 aliphatic heterocycles. The summed E-state index contributed by atoms with van der Waals surface area (Å²) in [4.78, 5) is 21.8. The molecule has 0 amide bonds. The fraction of sp³-hybridized carbons (Fsp3) is 0.818. The average Bonchev–Trinajstić information content (AvgIpc) is 4.08. The van der Waals surface area contributed by atoms with Gasteiger partial charge in [0.25, 0.3) is 0 Å². The maximum Gasteiger partial charge on any atom is 0.760 e. The number of fused-ring (bicyclic) bond motifs is 3. The van der Waals surface area contributed by atoms with Crippen molar-refractivity contribution >= 4 is 33.7 Å². The van der Waals surface area contributed by atoms with Gasteiger partial charge in [-0.1, -0.05) is 39.3 Å². The lowest BCUT2D eigenvalue weighted by Crippen LogP contribution is -2.52. The summed E-state index contributed by atoms with van der Waals surface area (Å²) < 4.78 is 68.5. The lowest BCUT2D eigenvalue weighted by molar-refractivity contribution is -0.815. The van der Waals surface area contributed by atoms with Crippen LogP contribution < -0.4 is 9.47 Å². The van der Waals surface area contributed by atoms with Crippen molar-refractivity contribution in [3.8, 4) is 11.5 Å². The first-order valence-corrected chi connectivity index (χ1v) is 22.9. The molecule has 0 N–H and O–H groups in total. The van der Waals surface area contributed by atoms with Crippen molar-refractivity contribution in [2.24, 2.45) is 5.41 Å². The Hall–Kier alpha value is -2.33. The van der Waals surface area contributed by atoms with E-state index in [-0.39, 0.29) is 48.3 Å². The number of unbranched alkanes of at least 4 members (excludes halogenated alkanes) is 1. The van der Waals surface area contributed by atoms with Crippen LogP contribution in [0, 0.1) is 5.41 Å². The number of likely N-dealkylation sites (N-methyl/N-ethyl adjacent to an activating group) is 1. The smallest absolute Gasteiger partial charge is 0.476 e. The number of carbonyl (C=O) groups is 2. The van der Waals surface area contributed by atoms with Crippen molar-refractivity contribution in [1.29, 1.82) is 0 Å². The predicted octanol–water partition coefficient (Wildman–Crippen LogP) is 5.19. The summed E-state index contributed by atoms with van der Waals surface area (Å²) in [7, 11) is 3.18. The van der Waals surface area contributed by atoms with Crippen LogP contribution in [-0.4, -0.2) is 172 Å². The number of quaternary nitrogens is 2. The third kappa shape index (κ3) is 17.4. The van der Waals surface area contributed by atoms with Crippen molar-refractivity contribution in [2.75, 3.05) is 107 Å². The highest BCUT2D eigenvalue weighted by Gasteiger charge is 2.59. The van der Waals surface area contributed by atoms with Crippen LogP contribution in [0.25, 0.3) is 0 Å². The molecule has 2 unspecified atom stereocenters. The molecule has 8 fully saturated rings. The molecule has 10 rings (SSSR count). The van der Waals surface area contributed by atoms with Gasteiger partial charge in [0, 0.05) is 25.0 Å². The summed E-state index contributed by atoms with van der Waals surface area (Å²) in [5.74, 6) is 1.71. The van der Waals surface area contributed by atoms with Gasteiger partial charge < -0.3 is 70.0 Å². The largest absolute Gasteiger partial charge is 0.760 e. The highest BCUT2D eigenvalue weighted by atomic mass is 16.7. The molecule has 361 valence electrons. The van der Waals surface area contributed by atoms with Crippen LogP contribution in [-0.2, 0) is 61.3 Å². The number of para-hydroxylation sites is 2. The molecule has 1 radical (unpaired) electrons. The summed E-state index contributed by atoms with van der Waals surface area (Å²) in [5.41, 5.74) is -0.00405. The van der Waals surface area contributed by atoms with Gasteiger partial charge in [0.05, 0.1) is 82.3 Å². The van der Waals surface area contributed by atoms with Crippen LogP contribution in [0.1, 0.15) is 94.9 Å². The lowest BCUT2D eigenvalue weighted by Gasteiger charge is -2.33. The van der Waals surface area contributed by atoms with Gasteiger partial charge in [-0.3, -0.25) is 4.79 Å². The molecule has 9 aliphatic rings. The molecule has 0 aliphatic carbocycles. The highest BCUT2D eigenvalue weighted by molar-refractivity contribution is 6.54. The molecule has 0 spiro atoms. The number of nitrogens with zero attached hydrogens (tertiary/aromatic N) is 2. The van der Waals surface area contributed by atoms with Gasteiger partial charge in [0.2, 0.25) is 6.79 Å². The topological polar surface area (TPSA) is 154 Å². The van der Waals surface area contributed by atoms with E-state index in [1.807, 2.05) is 59.0 Å². The summed E-state index contributed by atoms with van der Waals surface area (Å²) >= 11 is 0. The number of ether oxygens (including phenoxy) is 8. The van der Waals surface area contributed by atoms with Crippen molar-refractivity contribution in [2.45, 2.75) is 124 Å². The predicted molar refractivity (Wildman–Crippen MR) is 241 cm³/mol. The van der Waals surface area contributed by atoms with Crippen LogP contribution in [0.2, 0.25) is 6.32 Å². The van der Waals surface area contributed by atoms with Crippen molar-refractivity contribution in [1.82, 2.24) is 0 Å². The first kappa shape index (κ1) is 54.3. The van der Waals surface area contributed by atoms with E-state index in [2.05, 4.69) is 41.5 Å². The summed E-state index contributed by atoms with van der Waals surface area (Å²) in [6.45, 7) is 32.1. The van der Waals surface area contributed by atoms with E-state index in [9.17, 15) is 9.59 Å². The standard InChI is InChI=1S/C8H17BNO2.C7H6O2.2C7H14O2.C6H9BNO3.C6H12O2.C3H6BO2/c1-2-3-4-10-5-7-11-9(10)12-8-6-10;1-2-4-7-6(3-1)8-5-9-7;1-6-4-7(2,3)9-5-8-6;1-6(2)7(3,4)9-5-8-6;1-8-3-5(9)2-7(8)11-6(10)4-8;1-6(2)3-7-5-8-4-6;1-2-5-4-6-3-1/h2-8H2,1H3;1-4H,5H2;6H,4-5H2,1-3H3;5H2,1-4H3;2-4H2,1H3;3-5H2,1-2H3;1-3H2/q+1;;;;+1;;. The van der Waals surface area contributed by atoms with Crippen molar-refractivity contribution in [3.63, 3.8) is 0 Å². The number of benzene rings is 1. The zero-order valence-electron chi connectivity index (χ0n) is 40.8. The molecule has 64 heavy (non-hydrogen) atoms. The molecule has 17 nitrogen and oxygen atoms in total. The van der Waals surface area contributed by atoms with Gasteiger partial charge in [-0.05, 0) is 73.4 Å². The van der Waals surface area contributed by atoms with E-state index >= 15 is 0 Å². The summed E-state index contributed by atoms with van der Waals surface area (Å²) in [6.07, 6.45) is 5.34. The second-order valence-corrected chi connectivity index (χ2v) is 19.9. The fourth-order valence-electron chi connectivity index (χ4n) is 7.70. The van der Waals surface area contributed by atoms with Crippen molar-refractivity contribution in [3.05, 3.63) is 24.3 Å². The van der Waals surface area contributed by atoms with Gasteiger partial charge in [-0.25, -0.2) is 4.79 Å². The van der Waals surface area contributed by atoms with Gasteiger partial charge in [-0.2, -0.15) is 0 Å². The molecule has 9 heterocycles. The van der Waals surface area contributed by atoms with Gasteiger partial charge in [0.1, 0.15) is 26.9 Å². The van der Waals surface area contributed by atoms with Crippen molar-refractivity contribution < 1.29 is 79.5 Å². The Morgan fingerprint density at radius 2 is 1.36 bits per heavy atom. The molecule has 8 saturated heterocycles. The fourth-order valence-corrected chi connectivity index (χ4v) is 7.70. The van der Waals surface area contributed by atoms with Crippen LogP contribution in [0.3, 0.4) is 0 Å². The number of hydrogen-bond donors (Lipinski definition) is 0. The van der Waals surface area contributed by atoms with Crippen LogP contribution in [0.4, 0.5) is 0 Å². The van der Waals surface area contributed by atoms with Crippen LogP contribution >= 0.6 is 0 Å². The van der Waals surface area contributed by atoms with Crippen LogP contribution in [0.5, 0.6) is 11.5 Å². The Labute approximate surface area is 384 Å². The third-order valence-corrected chi connectivity index (χ3v) is 12.4. The molecule has 20 heteroatoms. The Balaban J connectivity index is 0.000000165. The second-order valence-electron chi connectivity index (χ2n) is 19.9. The molecule has 2 atom stereocenters. The van der Waals surface area contributed by atoms with E-state index in [0.717, 1.165) is 81.5 Å². The zero-order chi connectivity index (χ0) is 46.9. The molecule has 0 bridgehead atoms.